The van der Waals surface area contributed by atoms with Gasteiger partial charge in [-0.15, -0.1) is 11.8 Å². The molecule has 2 aromatic carbocycles. The molecule has 6 heteroatoms. The van der Waals surface area contributed by atoms with E-state index in [0.717, 1.165) is 30.1 Å². The summed E-state index contributed by atoms with van der Waals surface area (Å²) in [6.45, 7) is 5.82. The van der Waals surface area contributed by atoms with Gasteiger partial charge in [-0.1, -0.05) is 89.0 Å². The fourth-order valence-corrected chi connectivity index (χ4v) is 5.15. The predicted octanol–water partition coefficient (Wildman–Crippen LogP) is 8.37. The van der Waals surface area contributed by atoms with Crippen molar-refractivity contribution in [3.8, 4) is 11.5 Å². The lowest BCUT2D eigenvalue weighted by Crippen LogP contribution is -2.20. The number of carbonyl (C=O) groups is 1. The molecule has 1 aliphatic rings. The van der Waals surface area contributed by atoms with Crippen LogP contribution in [0.3, 0.4) is 0 Å². The smallest absolute Gasteiger partial charge is 0.262 e. The summed E-state index contributed by atoms with van der Waals surface area (Å²) in [5.41, 5.74) is 1.94. The normalized spacial score (nSPS) is 12.9. The topological polar surface area (TPSA) is 50.8 Å². The number of hydrogen-bond donors (Lipinski definition) is 1. The minimum absolute atomic E-state index is 0.0619. The summed E-state index contributed by atoms with van der Waals surface area (Å²) in [7, 11) is 0. The van der Waals surface area contributed by atoms with Crippen LogP contribution in [0.2, 0.25) is 0 Å². The number of nitrogens with zero attached hydrogens (tertiary/aromatic N) is 1. The number of rotatable bonds is 18. The Morgan fingerprint density at radius 3 is 2.24 bits per heavy atom. The van der Waals surface area contributed by atoms with E-state index in [1.165, 1.54) is 62.7 Å². The average molecular weight is 525 g/mol. The first-order chi connectivity index (χ1) is 18.1. The molecule has 0 aliphatic carbocycles. The van der Waals surface area contributed by atoms with E-state index >= 15 is 0 Å². The van der Waals surface area contributed by atoms with Crippen LogP contribution in [0.5, 0.6) is 11.5 Å². The Balaban J connectivity index is 1.33. The van der Waals surface area contributed by atoms with E-state index in [1.807, 2.05) is 54.2 Å². The van der Waals surface area contributed by atoms with Crippen LogP contribution in [-0.2, 0) is 11.3 Å². The van der Waals surface area contributed by atoms with Crippen LogP contribution < -0.4 is 14.8 Å². The number of anilines is 1. The van der Waals surface area contributed by atoms with Gasteiger partial charge in [0.2, 0.25) is 0 Å². The van der Waals surface area contributed by atoms with Crippen molar-refractivity contribution >= 4 is 23.4 Å². The molecule has 1 heterocycles. The minimum Gasteiger partial charge on any atom is -0.490 e. The largest absolute Gasteiger partial charge is 0.490 e. The summed E-state index contributed by atoms with van der Waals surface area (Å²) < 4.78 is 11.8. The highest BCUT2D eigenvalue weighted by Gasteiger charge is 2.11. The van der Waals surface area contributed by atoms with Crippen molar-refractivity contribution in [3.63, 3.8) is 0 Å². The summed E-state index contributed by atoms with van der Waals surface area (Å²) in [5.74, 6) is 2.08. The molecular formula is C31H44N2O3S. The number of allylic oxidation sites excluding steroid dienone is 1. The Morgan fingerprint density at radius 2 is 1.57 bits per heavy atom. The lowest BCUT2D eigenvalue weighted by atomic mass is 10.1. The van der Waals surface area contributed by atoms with Gasteiger partial charge in [0.15, 0.2) is 18.1 Å². The van der Waals surface area contributed by atoms with Gasteiger partial charge in [0.1, 0.15) is 0 Å². The molecule has 5 nitrogen and oxygen atoms in total. The monoisotopic (exact) mass is 524 g/mol. The Morgan fingerprint density at radius 1 is 0.892 bits per heavy atom. The third kappa shape index (κ3) is 11.5. The van der Waals surface area contributed by atoms with Gasteiger partial charge < -0.3 is 19.7 Å². The molecule has 0 atom stereocenters. The molecule has 0 radical (unpaired) electrons. The summed E-state index contributed by atoms with van der Waals surface area (Å²) in [4.78, 5) is 16.2. The quantitative estimate of drug-likeness (QED) is 0.199. The second-order valence-corrected chi connectivity index (χ2v) is 11.0. The van der Waals surface area contributed by atoms with Crippen molar-refractivity contribution in [2.75, 3.05) is 24.4 Å². The van der Waals surface area contributed by atoms with Crippen molar-refractivity contribution in [1.82, 2.24) is 4.90 Å². The van der Waals surface area contributed by atoms with Crippen molar-refractivity contribution in [1.29, 1.82) is 0 Å². The molecule has 37 heavy (non-hydrogen) atoms. The zero-order chi connectivity index (χ0) is 26.1. The number of hydrogen-bond acceptors (Lipinski definition) is 5. The van der Waals surface area contributed by atoms with Gasteiger partial charge in [-0.2, -0.15) is 0 Å². The van der Waals surface area contributed by atoms with Gasteiger partial charge in [0.25, 0.3) is 5.91 Å². The highest BCUT2D eigenvalue weighted by molar-refractivity contribution is 8.03. The summed E-state index contributed by atoms with van der Waals surface area (Å²) in [6.07, 6.45) is 15.2. The second-order valence-electron chi connectivity index (χ2n) is 9.77. The molecular weight excluding hydrogens is 480 g/mol. The zero-order valence-corrected chi connectivity index (χ0v) is 23.5. The maximum atomic E-state index is 12.6. The summed E-state index contributed by atoms with van der Waals surface area (Å²) in [6, 6.07) is 15.6. The van der Waals surface area contributed by atoms with Gasteiger partial charge >= 0.3 is 0 Å². The van der Waals surface area contributed by atoms with Gasteiger partial charge in [0, 0.05) is 18.4 Å². The molecule has 1 amide bonds. The Labute approximate surface area is 228 Å². The highest BCUT2D eigenvalue weighted by Crippen LogP contribution is 2.28. The predicted molar refractivity (Wildman–Crippen MR) is 156 cm³/mol. The van der Waals surface area contributed by atoms with E-state index in [1.54, 1.807) is 0 Å². The van der Waals surface area contributed by atoms with E-state index in [2.05, 4.69) is 36.3 Å². The Hall–Kier alpha value is -2.60. The van der Waals surface area contributed by atoms with Crippen LogP contribution in [0, 0.1) is 0 Å². The van der Waals surface area contributed by atoms with Crippen LogP contribution in [0.15, 0.2) is 59.6 Å². The molecule has 0 spiro atoms. The lowest BCUT2D eigenvalue weighted by molar-refractivity contribution is -0.118. The molecule has 2 aromatic rings. The lowest BCUT2D eigenvalue weighted by Gasteiger charge is -2.15. The van der Waals surface area contributed by atoms with Crippen LogP contribution in [0.25, 0.3) is 0 Å². The van der Waals surface area contributed by atoms with Gasteiger partial charge in [-0.25, -0.2) is 0 Å². The average Bonchev–Trinajstić information content (AvgIpc) is 3.31. The molecule has 1 N–H and O–H groups in total. The number of carbonyl (C=O) groups excluding carboxylic acids is 1. The first-order valence-corrected chi connectivity index (χ1v) is 14.9. The van der Waals surface area contributed by atoms with Crippen LogP contribution in [0.4, 0.5) is 5.69 Å². The Bertz CT molecular complexity index is 978. The first kappa shape index (κ1) is 29.0. The van der Waals surface area contributed by atoms with Crippen molar-refractivity contribution in [2.24, 2.45) is 0 Å². The number of thioether (sulfide) groups is 1. The zero-order valence-electron chi connectivity index (χ0n) is 22.7. The molecule has 0 bridgehead atoms. The summed E-state index contributed by atoms with van der Waals surface area (Å²) in [5, 5.41) is 2.95. The maximum absolute atomic E-state index is 12.6. The van der Waals surface area contributed by atoms with Crippen LogP contribution in [-0.4, -0.2) is 29.9 Å². The van der Waals surface area contributed by atoms with E-state index in [0.29, 0.717) is 18.1 Å². The Kier molecular flexibility index (Phi) is 13.3. The minimum atomic E-state index is -0.186. The molecule has 0 saturated carbocycles. The standard InChI is InChI=1S/C31H44N2O3S/c1-3-4-5-6-7-8-9-10-11-14-20-35-29-18-12-13-19-30(29)36-24-31(34)32-28-17-15-16-27(21-28)23-33-22-26(2)37-25-33/h12-13,15-19,21-22H,3-11,14,20,23-25H2,1-2H3,(H,32,34). The van der Waals surface area contributed by atoms with E-state index < -0.39 is 0 Å². The number of amides is 1. The number of para-hydroxylation sites is 2. The van der Waals surface area contributed by atoms with Crippen LogP contribution >= 0.6 is 11.8 Å². The number of nitrogens with one attached hydrogen (secondary N) is 1. The second kappa shape index (κ2) is 17.0. The van der Waals surface area contributed by atoms with E-state index in [-0.39, 0.29) is 12.5 Å². The third-order valence-electron chi connectivity index (χ3n) is 6.38. The van der Waals surface area contributed by atoms with Crippen molar-refractivity contribution in [2.45, 2.75) is 84.6 Å². The SMILES string of the molecule is CCCCCCCCCCCCOc1ccccc1OCC(=O)Nc1cccc(CN2C=C(C)SC2)c1. The van der Waals surface area contributed by atoms with Crippen molar-refractivity contribution < 1.29 is 14.3 Å². The number of ether oxygens (including phenoxy) is 2. The van der Waals surface area contributed by atoms with E-state index in [4.69, 9.17) is 9.47 Å². The van der Waals surface area contributed by atoms with E-state index in [9.17, 15) is 4.79 Å². The third-order valence-corrected chi connectivity index (χ3v) is 7.40. The number of unbranched alkanes of at least 4 members (excludes halogenated alkanes) is 9. The molecule has 0 aromatic heterocycles. The molecule has 202 valence electrons. The molecule has 0 saturated heterocycles. The van der Waals surface area contributed by atoms with Crippen LogP contribution in [0.1, 0.15) is 83.6 Å². The first-order valence-electron chi connectivity index (χ1n) is 13.9. The summed E-state index contributed by atoms with van der Waals surface area (Å²) >= 11 is 1.85. The fraction of sp³-hybridized carbons (Fsp3) is 0.516. The number of benzene rings is 2. The van der Waals surface area contributed by atoms with Gasteiger partial charge in [-0.3, -0.25) is 4.79 Å². The molecule has 0 fully saturated rings. The highest BCUT2D eigenvalue weighted by atomic mass is 32.2. The maximum Gasteiger partial charge on any atom is 0.262 e. The molecule has 1 aliphatic heterocycles. The molecule has 0 unspecified atom stereocenters. The van der Waals surface area contributed by atoms with Gasteiger partial charge in [0.05, 0.1) is 12.5 Å². The van der Waals surface area contributed by atoms with Crippen molar-refractivity contribution in [3.05, 3.63) is 65.2 Å². The van der Waals surface area contributed by atoms with Gasteiger partial charge in [-0.05, 0) is 48.1 Å². The molecule has 3 rings (SSSR count). The fourth-order valence-electron chi connectivity index (χ4n) is 4.39.